The molecule has 26 heavy (non-hydrogen) atoms. The molecule has 1 aliphatic heterocycles. The second-order valence-corrected chi connectivity index (χ2v) is 8.33. The van der Waals surface area contributed by atoms with Crippen LogP contribution in [-0.2, 0) is 10.3 Å². The van der Waals surface area contributed by atoms with E-state index in [1.807, 2.05) is 37.3 Å². The number of nitrogens with zero attached hydrogens (tertiary/aromatic N) is 1. The lowest BCUT2D eigenvalue weighted by Crippen LogP contribution is -2.29. The molecule has 3 rings (SSSR count). The number of amides is 1. The van der Waals surface area contributed by atoms with Crippen LogP contribution in [0.5, 0.6) is 0 Å². The molecule has 0 aromatic heterocycles. The van der Waals surface area contributed by atoms with Crippen molar-refractivity contribution in [3.8, 4) is 0 Å². The van der Waals surface area contributed by atoms with Crippen molar-refractivity contribution in [1.29, 1.82) is 0 Å². The summed E-state index contributed by atoms with van der Waals surface area (Å²) in [5.74, 6) is 0.366. The minimum Gasteiger partial charge on any atom is -0.379 e. The summed E-state index contributed by atoms with van der Waals surface area (Å²) in [6.07, 6.45) is 0.807. The number of benzene rings is 2. The van der Waals surface area contributed by atoms with Crippen LogP contribution in [-0.4, -0.2) is 22.6 Å². The zero-order chi connectivity index (χ0) is 18.6. The van der Waals surface area contributed by atoms with Gasteiger partial charge in [-0.3, -0.25) is 9.79 Å². The lowest BCUT2D eigenvalue weighted by atomic mass is 9.89. The average Bonchev–Trinajstić information content (AvgIpc) is 2.62. The van der Waals surface area contributed by atoms with Crippen molar-refractivity contribution in [3.63, 3.8) is 0 Å². The Hall–Kier alpha value is -1.99. The molecular weight excluding hydrogens is 369 g/mol. The van der Waals surface area contributed by atoms with E-state index in [9.17, 15) is 9.18 Å². The van der Waals surface area contributed by atoms with E-state index < -0.39 is 11.4 Å². The predicted octanol–water partition coefficient (Wildman–Crippen LogP) is 4.22. The van der Waals surface area contributed by atoms with E-state index in [0.717, 1.165) is 22.6 Å². The van der Waals surface area contributed by atoms with Gasteiger partial charge in [0, 0.05) is 10.6 Å². The Morgan fingerprint density at radius 2 is 2.12 bits per heavy atom. The van der Waals surface area contributed by atoms with E-state index in [0.29, 0.717) is 5.17 Å². The van der Waals surface area contributed by atoms with E-state index >= 15 is 0 Å². The number of hydrogen-bond donors (Lipinski definition) is 2. The molecule has 2 aromatic rings. The van der Waals surface area contributed by atoms with E-state index in [1.165, 1.54) is 29.6 Å². The first-order valence-electron chi connectivity index (χ1n) is 8.22. The standard InChI is InChI=1S/C19H20FN3OS2/c1-19(9-10-25-18(21)23-19)13-7-8-15(20)16(11-13)22-17(24)12-26-14-5-3-2-4-6-14/h2-8,11H,9-10,12H2,1H3,(H2,21,23)(H,22,24). The van der Waals surface area contributed by atoms with Crippen LogP contribution in [0.4, 0.5) is 10.1 Å². The highest BCUT2D eigenvalue weighted by molar-refractivity contribution is 8.13. The van der Waals surface area contributed by atoms with Gasteiger partial charge in [-0.2, -0.15) is 0 Å². The number of carbonyl (C=O) groups is 1. The van der Waals surface area contributed by atoms with Gasteiger partial charge < -0.3 is 11.1 Å². The summed E-state index contributed by atoms with van der Waals surface area (Å²) >= 11 is 2.93. The number of nitrogens with two attached hydrogens (primary N) is 1. The fourth-order valence-electron chi connectivity index (χ4n) is 2.70. The molecule has 1 atom stereocenters. The fourth-order valence-corrected chi connectivity index (χ4v) is 4.40. The third-order valence-corrected chi connectivity index (χ3v) is 5.98. The number of rotatable bonds is 5. The van der Waals surface area contributed by atoms with Crippen LogP contribution in [0.3, 0.4) is 0 Å². The van der Waals surface area contributed by atoms with Crippen LogP contribution < -0.4 is 11.1 Å². The number of halogens is 1. The second-order valence-electron chi connectivity index (χ2n) is 6.17. The summed E-state index contributed by atoms with van der Waals surface area (Å²) in [4.78, 5) is 17.7. The lowest BCUT2D eigenvalue weighted by Gasteiger charge is -2.30. The summed E-state index contributed by atoms with van der Waals surface area (Å²) in [5.41, 5.74) is 6.38. The summed E-state index contributed by atoms with van der Waals surface area (Å²) < 4.78 is 14.2. The molecule has 7 heteroatoms. The van der Waals surface area contributed by atoms with Crippen LogP contribution in [0.25, 0.3) is 0 Å². The Kier molecular flexibility index (Phi) is 5.88. The maximum absolute atomic E-state index is 14.2. The largest absolute Gasteiger partial charge is 0.379 e. The molecule has 0 spiro atoms. The Morgan fingerprint density at radius 1 is 1.35 bits per heavy atom. The van der Waals surface area contributed by atoms with Gasteiger partial charge in [-0.05, 0) is 43.2 Å². The van der Waals surface area contributed by atoms with Gasteiger partial charge in [-0.15, -0.1) is 11.8 Å². The monoisotopic (exact) mass is 389 g/mol. The lowest BCUT2D eigenvalue weighted by molar-refractivity contribution is -0.113. The zero-order valence-corrected chi connectivity index (χ0v) is 16.0. The molecule has 4 nitrogen and oxygen atoms in total. The molecule has 0 saturated carbocycles. The smallest absolute Gasteiger partial charge is 0.234 e. The van der Waals surface area contributed by atoms with Gasteiger partial charge in [0.1, 0.15) is 5.82 Å². The molecule has 1 amide bonds. The van der Waals surface area contributed by atoms with E-state index in [-0.39, 0.29) is 17.3 Å². The number of anilines is 1. The molecule has 0 radical (unpaired) electrons. The summed E-state index contributed by atoms with van der Waals surface area (Å²) in [6, 6.07) is 14.4. The number of nitrogens with one attached hydrogen (secondary N) is 1. The molecule has 0 fully saturated rings. The summed E-state index contributed by atoms with van der Waals surface area (Å²) in [6.45, 7) is 1.98. The molecule has 0 bridgehead atoms. The van der Waals surface area contributed by atoms with E-state index in [1.54, 1.807) is 12.1 Å². The second kappa shape index (κ2) is 8.14. The van der Waals surface area contributed by atoms with Crippen LogP contribution in [0.2, 0.25) is 0 Å². The first kappa shape index (κ1) is 18.8. The molecule has 3 N–H and O–H groups in total. The van der Waals surface area contributed by atoms with Gasteiger partial charge in [0.05, 0.1) is 17.0 Å². The van der Waals surface area contributed by atoms with Crippen molar-refractivity contribution in [1.82, 2.24) is 0 Å². The normalized spacial score (nSPS) is 19.7. The van der Waals surface area contributed by atoms with Crippen LogP contribution >= 0.6 is 23.5 Å². The minimum atomic E-state index is -0.499. The molecular formula is C19H20FN3OS2. The molecule has 1 aliphatic rings. The van der Waals surface area contributed by atoms with Crippen LogP contribution in [0, 0.1) is 5.82 Å². The maximum Gasteiger partial charge on any atom is 0.234 e. The Labute approximate surface area is 160 Å². The van der Waals surface area contributed by atoms with Gasteiger partial charge in [0.2, 0.25) is 5.91 Å². The molecule has 136 valence electrons. The van der Waals surface area contributed by atoms with Crippen molar-refractivity contribution >= 4 is 40.3 Å². The Bertz CT molecular complexity index is 829. The summed E-state index contributed by atoms with van der Waals surface area (Å²) in [5, 5.41) is 3.20. The van der Waals surface area contributed by atoms with Crippen LogP contribution in [0.1, 0.15) is 18.9 Å². The predicted molar refractivity (Wildman–Crippen MR) is 108 cm³/mol. The first-order chi connectivity index (χ1) is 12.5. The quantitative estimate of drug-likeness (QED) is 0.751. The summed E-state index contributed by atoms with van der Waals surface area (Å²) in [7, 11) is 0. The topological polar surface area (TPSA) is 67.5 Å². The van der Waals surface area contributed by atoms with E-state index in [2.05, 4.69) is 10.3 Å². The number of hydrogen-bond acceptors (Lipinski definition) is 5. The van der Waals surface area contributed by atoms with Gasteiger partial charge in [0.15, 0.2) is 5.17 Å². The highest BCUT2D eigenvalue weighted by Crippen LogP contribution is 2.36. The minimum absolute atomic E-state index is 0.175. The number of thioether (sulfide) groups is 2. The highest BCUT2D eigenvalue weighted by Gasteiger charge is 2.30. The van der Waals surface area contributed by atoms with Gasteiger partial charge in [-0.1, -0.05) is 36.0 Å². The molecule has 0 aliphatic carbocycles. The van der Waals surface area contributed by atoms with Crippen molar-refractivity contribution in [2.45, 2.75) is 23.8 Å². The van der Waals surface area contributed by atoms with Gasteiger partial charge in [-0.25, -0.2) is 4.39 Å². The molecule has 2 aromatic carbocycles. The number of amidine groups is 1. The molecule has 1 heterocycles. The van der Waals surface area contributed by atoms with Crippen molar-refractivity contribution in [3.05, 3.63) is 59.9 Å². The Morgan fingerprint density at radius 3 is 2.85 bits per heavy atom. The first-order valence-corrected chi connectivity index (χ1v) is 10.2. The van der Waals surface area contributed by atoms with Gasteiger partial charge in [0.25, 0.3) is 0 Å². The SMILES string of the molecule is CC1(c2ccc(F)c(NC(=O)CSc3ccccc3)c2)CCSC(N)=N1. The van der Waals surface area contributed by atoms with Crippen molar-refractivity contribution in [2.24, 2.45) is 10.7 Å². The molecule has 1 unspecified atom stereocenters. The maximum atomic E-state index is 14.2. The average molecular weight is 390 g/mol. The van der Waals surface area contributed by atoms with Gasteiger partial charge >= 0.3 is 0 Å². The number of carbonyl (C=O) groups excluding carboxylic acids is 1. The Balaban J connectivity index is 1.72. The fraction of sp³-hybridized carbons (Fsp3) is 0.263. The van der Waals surface area contributed by atoms with Crippen molar-refractivity contribution in [2.75, 3.05) is 16.8 Å². The van der Waals surface area contributed by atoms with Crippen LogP contribution in [0.15, 0.2) is 58.4 Å². The molecule has 0 saturated heterocycles. The highest BCUT2D eigenvalue weighted by atomic mass is 32.2. The van der Waals surface area contributed by atoms with E-state index in [4.69, 9.17) is 5.73 Å². The van der Waals surface area contributed by atoms with Crippen molar-refractivity contribution < 1.29 is 9.18 Å². The third kappa shape index (κ3) is 4.59. The number of aliphatic imine (C=N–C) groups is 1. The zero-order valence-electron chi connectivity index (χ0n) is 14.4. The third-order valence-electron chi connectivity index (χ3n) is 4.17.